The minimum absolute atomic E-state index is 0.299. The number of esters is 1. The third kappa shape index (κ3) is 2.81. The van der Waals surface area contributed by atoms with Crippen LogP contribution in [0.3, 0.4) is 0 Å². The van der Waals surface area contributed by atoms with Gasteiger partial charge in [-0.05, 0) is 30.0 Å². The second-order valence-electron chi connectivity index (χ2n) is 5.76. The van der Waals surface area contributed by atoms with Gasteiger partial charge in [0.15, 0.2) is 5.82 Å². The SMILES string of the molecule is CCOC(=O)C1=C(c2cccs2)Nc2n[nH]cc2C1c1ccccc1Cl. The molecular weight excluding hydrogens is 370 g/mol. The molecule has 0 aliphatic carbocycles. The summed E-state index contributed by atoms with van der Waals surface area (Å²) < 4.78 is 5.39. The summed E-state index contributed by atoms with van der Waals surface area (Å²) in [5.74, 6) is -0.0404. The van der Waals surface area contributed by atoms with Crippen LogP contribution in [0.2, 0.25) is 5.02 Å². The highest BCUT2D eigenvalue weighted by atomic mass is 35.5. The van der Waals surface area contributed by atoms with Gasteiger partial charge in [-0.2, -0.15) is 5.10 Å². The summed E-state index contributed by atoms with van der Waals surface area (Å²) >= 11 is 8.04. The lowest BCUT2D eigenvalue weighted by atomic mass is 9.82. The number of aromatic amines is 1. The molecule has 1 atom stereocenters. The molecule has 0 saturated carbocycles. The first-order valence-corrected chi connectivity index (χ1v) is 9.46. The van der Waals surface area contributed by atoms with Crippen molar-refractivity contribution in [1.82, 2.24) is 10.2 Å². The number of anilines is 1. The number of hydrogen-bond acceptors (Lipinski definition) is 5. The number of halogens is 1. The molecule has 5 nitrogen and oxygen atoms in total. The Morgan fingerprint density at radius 3 is 2.85 bits per heavy atom. The molecule has 0 bridgehead atoms. The maximum Gasteiger partial charge on any atom is 0.337 e. The first-order valence-electron chi connectivity index (χ1n) is 8.21. The Morgan fingerprint density at radius 2 is 2.12 bits per heavy atom. The molecule has 2 aromatic heterocycles. The molecule has 0 amide bonds. The summed E-state index contributed by atoms with van der Waals surface area (Å²) in [4.78, 5) is 13.9. The third-order valence-corrected chi connectivity index (χ3v) is 5.49. The zero-order valence-corrected chi connectivity index (χ0v) is 15.5. The van der Waals surface area contributed by atoms with Gasteiger partial charge in [0, 0.05) is 22.7 Å². The Hall–Kier alpha value is -2.57. The lowest BCUT2D eigenvalue weighted by molar-refractivity contribution is -0.138. The number of aromatic nitrogens is 2. The predicted octanol–water partition coefficient (Wildman–Crippen LogP) is 4.66. The van der Waals surface area contributed by atoms with Crippen LogP contribution in [0.5, 0.6) is 0 Å². The average molecular weight is 386 g/mol. The molecule has 1 aliphatic heterocycles. The Bertz CT molecular complexity index is 978. The van der Waals surface area contributed by atoms with Crippen LogP contribution in [-0.2, 0) is 9.53 Å². The van der Waals surface area contributed by atoms with E-state index in [1.54, 1.807) is 24.5 Å². The highest BCUT2D eigenvalue weighted by Crippen LogP contribution is 2.46. The Kier molecular flexibility index (Phi) is 4.53. The first-order chi connectivity index (χ1) is 12.7. The van der Waals surface area contributed by atoms with Gasteiger partial charge in [0.2, 0.25) is 0 Å². The highest BCUT2D eigenvalue weighted by Gasteiger charge is 2.37. The number of carbonyl (C=O) groups is 1. The van der Waals surface area contributed by atoms with E-state index in [-0.39, 0.29) is 11.9 Å². The van der Waals surface area contributed by atoms with Crippen LogP contribution in [-0.4, -0.2) is 22.8 Å². The number of carbonyl (C=O) groups excluding carboxylic acids is 1. The molecular formula is C19H16ClN3O2S. The van der Waals surface area contributed by atoms with Gasteiger partial charge in [-0.25, -0.2) is 4.79 Å². The molecule has 0 spiro atoms. The van der Waals surface area contributed by atoms with Crippen LogP contribution in [0, 0.1) is 0 Å². The number of nitrogens with zero attached hydrogens (tertiary/aromatic N) is 1. The number of rotatable bonds is 4. The van der Waals surface area contributed by atoms with Crippen molar-refractivity contribution in [1.29, 1.82) is 0 Å². The fourth-order valence-corrected chi connectivity index (χ4v) is 4.17. The Morgan fingerprint density at radius 1 is 1.27 bits per heavy atom. The molecule has 7 heteroatoms. The molecule has 4 rings (SSSR count). The van der Waals surface area contributed by atoms with Gasteiger partial charge >= 0.3 is 5.97 Å². The van der Waals surface area contributed by atoms with E-state index < -0.39 is 0 Å². The zero-order valence-electron chi connectivity index (χ0n) is 14.0. The standard InChI is InChI=1S/C19H16ClN3O2S/c1-2-25-19(24)16-15(11-6-3-4-7-13(11)20)12-10-21-23-18(12)22-17(16)14-8-5-9-26-14/h3-10,15H,2H2,1H3,(H2,21,22,23). The number of thiophene rings is 1. The van der Waals surface area contributed by atoms with Crippen LogP contribution in [0.4, 0.5) is 5.82 Å². The number of fused-ring (bicyclic) bond motifs is 1. The van der Waals surface area contributed by atoms with Crippen LogP contribution in [0.15, 0.2) is 53.5 Å². The summed E-state index contributed by atoms with van der Waals surface area (Å²) in [6.07, 6.45) is 1.79. The van der Waals surface area contributed by atoms with Crippen LogP contribution < -0.4 is 5.32 Å². The summed E-state index contributed by atoms with van der Waals surface area (Å²) in [5, 5.41) is 13.0. The molecule has 2 N–H and O–H groups in total. The minimum atomic E-state index is -0.366. The normalized spacial score (nSPS) is 16.2. The van der Waals surface area contributed by atoms with E-state index >= 15 is 0 Å². The van der Waals surface area contributed by atoms with Crippen LogP contribution in [0.25, 0.3) is 5.70 Å². The van der Waals surface area contributed by atoms with Gasteiger partial charge < -0.3 is 10.1 Å². The van der Waals surface area contributed by atoms with Crippen molar-refractivity contribution < 1.29 is 9.53 Å². The van der Waals surface area contributed by atoms with E-state index in [0.29, 0.717) is 28.7 Å². The van der Waals surface area contributed by atoms with E-state index in [4.69, 9.17) is 16.3 Å². The van der Waals surface area contributed by atoms with Gasteiger partial charge in [-0.1, -0.05) is 35.9 Å². The first kappa shape index (κ1) is 16.9. The summed E-state index contributed by atoms with van der Waals surface area (Å²) in [5.41, 5.74) is 2.95. The second kappa shape index (κ2) is 6.97. The number of hydrogen-bond donors (Lipinski definition) is 2. The van der Waals surface area contributed by atoms with Gasteiger partial charge in [-0.15, -0.1) is 11.3 Å². The van der Waals surface area contributed by atoms with Crippen molar-refractivity contribution in [2.45, 2.75) is 12.8 Å². The van der Waals surface area contributed by atoms with E-state index in [0.717, 1.165) is 16.0 Å². The quantitative estimate of drug-likeness (QED) is 0.641. The summed E-state index contributed by atoms with van der Waals surface area (Å²) in [6, 6.07) is 11.5. The monoisotopic (exact) mass is 385 g/mol. The molecule has 1 unspecified atom stereocenters. The minimum Gasteiger partial charge on any atom is -0.463 e. The van der Waals surface area contributed by atoms with E-state index in [2.05, 4.69) is 15.5 Å². The van der Waals surface area contributed by atoms with E-state index in [9.17, 15) is 4.79 Å². The number of nitrogens with one attached hydrogen (secondary N) is 2. The lowest BCUT2D eigenvalue weighted by Crippen LogP contribution is -2.24. The number of ether oxygens (including phenoxy) is 1. The van der Waals surface area contributed by atoms with Crippen molar-refractivity contribution in [3.8, 4) is 0 Å². The van der Waals surface area contributed by atoms with Crippen LogP contribution in [0.1, 0.15) is 28.8 Å². The molecule has 0 radical (unpaired) electrons. The molecule has 132 valence electrons. The molecule has 3 aromatic rings. The highest BCUT2D eigenvalue weighted by molar-refractivity contribution is 7.11. The van der Waals surface area contributed by atoms with Gasteiger partial charge in [0.05, 0.1) is 22.8 Å². The maximum atomic E-state index is 12.9. The Labute approximate surface area is 159 Å². The maximum absolute atomic E-state index is 12.9. The van der Waals surface area contributed by atoms with Crippen molar-refractivity contribution in [2.75, 3.05) is 11.9 Å². The average Bonchev–Trinajstić information content (AvgIpc) is 3.32. The predicted molar refractivity (Wildman–Crippen MR) is 103 cm³/mol. The third-order valence-electron chi connectivity index (χ3n) is 4.26. The number of benzene rings is 1. The van der Waals surface area contributed by atoms with Crippen molar-refractivity contribution >= 4 is 40.4 Å². The molecule has 0 saturated heterocycles. The lowest BCUT2D eigenvalue weighted by Gasteiger charge is -2.28. The molecule has 3 heterocycles. The summed E-state index contributed by atoms with van der Waals surface area (Å²) in [6.45, 7) is 2.10. The fraction of sp³-hybridized carbons (Fsp3) is 0.158. The Balaban J connectivity index is 1.98. The molecule has 1 aliphatic rings. The summed E-state index contributed by atoms with van der Waals surface area (Å²) in [7, 11) is 0. The van der Waals surface area contributed by atoms with Crippen molar-refractivity contribution in [3.05, 3.63) is 74.6 Å². The smallest absolute Gasteiger partial charge is 0.337 e. The zero-order chi connectivity index (χ0) is 18.1. The number of H-pyrrole nitrogens is 1. The van der Waals surface area contributed by atoms with Gasteiger partial charge in [-0.3, -0.25) is 5.10 Å². The molecule has 0 fully saturated rings. The van der Waals surface area contributed by atoms with E-state index in [1.165, 1.54) is 0 Å². The molecule has 26 heavy (non-hydrogen) atoms. The van der Waals surface area contributed by atoms with Crippen LogP contribution >= 0.6 is 22.9 Å². The van der Waals surface area contributed by atoms with Gasteiger partial charge in [0.25, 0.3) is 0 Å². The van der Waals surface area contributed by atoms with E-state index in [1.807, 2.05) is 41.8 Å². The van der Waals surface area contributed by atoms with Gasteiger partial charge in [0.1, 0.15) is 0 Å². The largest absolute Gasteiger partial charge is 0.463 e. The van der Waals surface area contributed by atoms with Crippen molar-refractivity contribution in [2.24, 2.45) is 0 Å². The fourth-order valence-electron chi connectivity index (χ4n) is 3.18. The second-order valence-corrected chi connectivity index (χ2v) is 7.11. The van der Waals surface area contributed by atoms with Crippen molar-refractivity contribution in [3.63, 3.8) is 0 Å². The topological polar surface area (TPSA) is 67.0 Å². The molecule has 1 aromatic carbocycles.